The van der Waals surface area contributed by atoms with Crippen LogP contribution in [-0.2, 0) is 0 Å². The van der Waals surface area contributed by atoms with Gasteiger partial charge in [-0.15, -0.1) is 0 Å². The lowest BCUT2D eigenvalue weighted by atomic mass is 10.1. The number of unbranched alkanes of at least 4 members (excludes halogenated alkanes) is 6. The van der Waals surface area contributed by atoms with Crippen molar-refractivity contribution in [1.29, 1.82) is 0 Å². The lowest BCUT2D eigenvalue weighted by Crippen LogP contribution is -2.08. The first-order valence-corrected chi connectivity index (χ1v) is 10.4. The largest absolute Gasteiger partial charge is 0.490 e. The van der Waals surface area contributed by atoms with E-state index in [0.29, 0.717) is 37.1 Å². The van der Waals surface area contributed by atoms with Crippen LogP contribution in [0.5, 0.6) is 17.2 Å². The van der Waals surface area contributed by atoms with E-state index < -0.39 is 5.97 Å². The van der Waals surface area contributed by atoms with Crippen LogP contribution in [-0.4, -0.2) is 30.9 Å². The van der Waals surface area contributed by atoms with E-state index in [1.54, 1.807) is 12.1 Å². The van der Waals surface area contributed by atoms with Crippen LogP contribution in [0.4, 0.5) is 0 Å². The third-order valence-electron chi connectivity index (χ3n) is 4.27. The summed E-state index contributed by atoms with van der Waals surface area (Å²) >= 11 is 0. The van der Waals surface area contributed by atoms with Gasteiger partial charge in [-0.3, -0.25) is 0 Å². The molecule has 0 spiro atoms. The van der Waals surface area contributed by atoms with E-state index in [1.165, 1.54) is 0 Å². The van der Waals surface area contributed by atoms with Gasteiger partial charge >= 0.3 is 5.97 Å². The molecule has 5 nitrogen and oxygen atoms in total. The summed E-state index contributed by atoms with van der Waals surface area (Å²) in [5, 5.41) is 9.44. The number of carbonyl (C=O) groups is 1. The quantitative estimate of drug-likeness (QED) is 0.351. The molecule has 0 aromatic heterocycles. The number of rotatable bonds is 16. The first-order chi connectivity index (χ1) is 13.1. The molecule has 5 heteroatoms. The fourth-order valence-electron chi connectivity index (χ4n) is 2.65. The Morgan fingerprint density at radius 3 is 1.52 bits per heavy atom. The van der Waals surface area contributed by atoms with E-state index in [2.05, 4.69) is 20.8 Å². The zero-order valence-electron chi connectivity index (χ0n) is 17.2. The van der Waals surface area contributed by atoms with Crippen LogP contribution in [0.15, 0.2) is 12.1 Å². The van der Waals surface area contributed by atoms with Gasteiger partial charge in [-0.1, -0.05) is 59.3 Å². The molecule has 0 aliphatic rings. The van der Waals surface area contributed by atoms with Crippen LogP contribution in [0.2, 0.25) is 0 Å². The van der Waals surface area contributed by atoms with Crippen molar-refractivity contribution in [1.82, 2.24) is 0 Å². The third-order valence-corrected chi connectivity index (χ3v) is 4.27. The van der Waals surface area contributed by atoms with E-state index in [-0.39, 0.29) is 5.56 Å². The molecular weight excluding hydrogens is 344 g/mol. The highest BCUT2D eigenvalue weighted by Gasteiger charge is 2.18. The molecule has 0 radical (unpaired) electrons. The first kappa shape index (κ1) is 23.1. The fraction of sp³-hybridized carbons (Fsp3) is 0.682. The van der Waals surface area contributed by atoms with Crippen LogP contribution in [0.3, 0.4) is 0 Å². The maximum atomic E-state index is 11.5. The molecule has 1 N–H and O–H groups in total. The van der Waals surface area contributed by atoms with Gasteiger partial charge in [0.25, 0.3) is 0 Å². The minimum atomic E-state index is -0.996. The molecule has 0 amide bonds. The number of carboxylic acids is 1. The van der Waals surface area contributed by atoms with Gasteiger partial charge in [0.05, 0.1) is 25.4 Å². The molecule has 27 heavy (non-hydrogen) atoms. The van der Waals surface area contributed by atoms with E-state index in [9.17, 15) is 9.90 Å². The number of aromatic carboxylic acids is 1. The number of hydrogen-bond acceptors (Lipinski definition) is 4. The average Bonchev–Trinajstić information content (AvgIpc) is 2.66. The van der Waals surface area contributed by atoms with Gasteiger partial charge in [0, 0.05) is 0 Å². The van der Waals surface area contributed by atoms with Gasteiger partial charge in [0.1, 0.15) is 0 Å². The summed E-state index contributed by atoms with van der Waals surface area (Å²) < 4.78 is 17.7. The zero-order chi connectivity index (χ0) is 19.9. The molecule has 1 rings (SSSR count). The Bertz CT molecular complexity index is 508. The summed E-state index contributed by atoms with van der Waals surface area (Å²) in [5.74, 6) is 0.467. The molecule has 0 bridgehead atoms. The molecule has 0 heterocycles. The van der Waals surface area contributed by atoms with Crippen molar-refractivity contribution >= 4 is 5.97 Å². The van der Waals surface area contributed by atoms with Crippen molar-refractivity contribution in [3.63, 3.8) is 0 Å². The summed E-state index contributed by atoms with van der Waals surface area (Å²) in [5.41, 5.74) is 0.159. The third kappa shape index (κ3) is 9.03. The average molecular weight is 381 g/mol. The Kier molecular flexibility index (Phi) is 12.2. The molecule has 0 saturated heterocycles. The predicted molar refractivity (Wildman–Crippen MR) is 108 cm³/mol. The number of benzene rings is 1. The fourth-order valence-corrected chi connectivity index (χ4v) is 2.65. The monoisotopic (exact) mass is 380 g/mol. The summed E-state index contributed by atoms with van der Waals surface area (Å²) in [6.45, 7) is 8.06. The second-order valence-corrected chi connectivity index (χ2v) is 6.77. The zero-order valence-corrected chi connectivity index (χ0v) is 17.2. The molecule has 1 aromatic carbocycles. The Morgan fingerprint density at radius 1 is 0.741 bits per heavy atom. The van der Waals surface area contributed by atoms with Gasteiger partial charge in [0.15, 0.2) is 11.5 Å². The van der Waals surface area contributed by atoms with E-state index in [0.717, 1.165) is 57.8 Å². The highest BCUT2D eigenvalue weighted by molar-refractivity contribution is 5.89. The van der Waals surface area contributed by atoms with Crippen LogP contribution in [0.1, 0.15) is 88.9 Å². The van der Waals surface area contributed by atoms with Crippen LogP contribution in [0.25, 0.3) is 0 Å². The van der Waals surface area contributed by atoms with Gasteiger partial charge < -0.3 is 19.3 Å². The topological polar surface area (TPSA) is 65.0 Å². The van der Waals surface area contributed by atoms with Crippen molar-refractivity contribution < 1.29 is 24.1 Å². The summed E-state index contributed by atoms with van der Waals surface area (Å²) in [4.78, 5) is 11.5. The standard InChI is InChI=1S/C22H36O5/c1-4-7-10-13-25-19-16-18(22(23)24)17-20(26-14-11-8-5-2)21(19)27-15-12-9-6-3/h16-17H,4-15H2,1-3H3,(H,23,24). The van der Waals surface area contributed by atoms with E-state index in [4.69, 9.17) is 14.2 Å². The second-order valence-electron chi connectivity index (χ2n) is 6.77. The minimum absolute atomic E-state index is 0.159. The lowest BCUT2D eigenvalue weighted by molar-refractivity contribution is 0.0695. The molecule has 0 fully saturated rings. The maximum Gasteiger partial charge on any atom is 0.335 e. The number of carboxylic acid groups (broad SMARTS) is 1. The highest BCUT2D eigenvalue weighted by atomic mass is 16.5. The lowest BCUT2D eigenvalue weighted by Gasteiger charge is -2.18. The smallest absolute Gasteiger partial charge is 0.335 e. The van der Waals surface area contributed by atoms with Crippen LogP contribution in [0, 0.1) is 0 Å². The maximum absolute atomic E-state index is 11.5. The Labute approximate surface area is 164 Å². The van der Waals surface area contributed by atoms with Crippen LogP contribution < -0.4 is 14.2 Å². The number of ether oxygens (including phenoxy) is 3. The van der Waals surface area contributed by atoms with E-state index in [1.807, 2.05) is 0 Å². The van der Waals surface area contributed by atoms with Crippen molar-refractivity contribution in [2.24, 2.45) is 0 Å². The molecule has 0 unspecified atom stereocenters. The van der Waals surface area contributed by atoms with Crippen molar-refractivity contribution in [3.05, 3.63) is 17.7 Å². The molecule has 1 aromatic rings. The summed E-state index contributed by atoms with van der Waals surface area (Å²) in [7, 11) is 0. The van der Waals surface area contributed by atoms with Gasteiger partial charge in [-0.05, 0) is 31.4 Å². The second kappa shape index (κ2) is 14.2. The van der Waals surface area contributed by atoms with Crippen molar-refractivity contribution in [2.75, 3.05) is 19.8 Å². The Balaban J connectivity index is 2.99. The first-order valence-electron chi connectivity index (χ1n) is 10.4. The van der Waals surface area contributed by atoms with Gasteiger partial charge in [-0.2, -0.15) is 0 Å². The predicted octanol–water partition coefficient (Wildman–Crippen LogP) is 6.09. The van der Waals surface area contributed by atoms with Crippen LogP contribution >= 0.6 is 0 Å². The van der Waals surface area contributed by atoms with Crippen molar-refractivity contribution in [3.8, 4) is 17.2 Å². The van der Waals surface area contributed by atoms with Gasteiger partial charge in [0.2, 0.25) is 5.75 Å². The van der Waals surface area contributed by atoms with Crippen molar-refractivity contribution in [2.45, 2.75) is 78.6 Å². The summed E-state index contributed by atoms with van der Waals surface area (Å²) in [6.07, 6.45) is 9.36. The Morgan fingerprint density at radius 2 is 1.15 bits per heavy atom. The molecular formula is C22H36O5. The van der Waals surface area contributed by atoms with E-state index >= 15 is 0 Å². The minimum Gasteiger partial charge on any atom is -0.490 e. The molecule has 154 valence electrons. The summed E-state index contributed by atoms with van der Waals surface area (Å²) in [6, 6.07) is 3.09. The number of hydrogen-bond donors (Lipinski definition) is 1. The SMILES string of the molecule is CCCCCOc1cc(C(=O)O)cc(OCCCCC)c1OCCCCC. The molecule has 0 aliphatic heterocycles. The normalized spacial score (nSPS) is 10.6. The van der Waals surface area contributed by atoms with Gasteiger partial charge in [-0.25, -0.2) is 4.79 Å². The molecule has 0 aliphatic carbocycles. The Hall–Kier alpha value is -1.91. The molecule has 0 atom stereocenters. The molecule has 0 saturated carbocycles. The highest BCUT2D eigenvalue weighted by Crippen LogP contribution is 2.39.